The summed E-state index contributed by atoms with van der Waals surface area (Å²) in [6.07, 6.45) is -4.84. The van der Waals surface area contributed by atoms with Gasteiger partial charge in [-0.05, 0) is 47.2 Å². The Morgan fingerprint density at radius 1 is 1.31 bits per heavy atom. The van der Waals surface area contributed by atoms with Gasteiger partial charge in [0.1, 0.15) is 0 Å². The summed E-state index contributed by atoms with van der Waals surface area (Å²) in [6.45, 7) is 1.51. The zero-order chi connectivity index (χ0) is 12.3. The first kappa shape index (κ1) is 13.3. The highest BCUT2D eigenvalue weighted by Crippen LogP contribution is 2.19. The standard InChI is InChI=1S/C10H9F3INO/c1-6(15-9(16)10(11,12)13)7-2-4-8(14)5-3-7/h2-6H,1H3,(H,15,16). The molecule has 0 radical (unpaired) electrons. The molecule has 0 bridgehead atoms. The number of rotatable bonds is 2. The molecule has 1 rings (SSSR count). The van der Waals surface area contributed by atoms with Gasteiger partial charge in [0.15, 0.2) is 0 Å². The minimum absolute atomic E-state index is 0.637. The molecule has 0 fully saturated rings. The van der Waals surface area contributed by atoms with Gasteiger partial charge >= 0.3 is 12.1 Å². The Labute approximate surface area is 104 Å². The van der Waals surface area contributed by atoms with Gasteiger partial charge in [0.25, 0.3) is 0 Å². The van der Waals surface area contributed by atoms with Crippen LogP contribution in [0.5, 0.6) is 0 Å². The van der Waals surface area contributed by atoms with Crippen LogP contribution in [0.25, 0.3) is 0 Å². The van der Waals surface area contributed by atoms with E-state index in [1.54, 1.807) is 24.3 Å². The molecule has 2 nitrogen and oxygen atoms in total. The quantitative estimate of drug-likeness (QED) is 0.822. The molecule has 16 heavy (non-hydrogen) atoms. The third-order valence-electron chi connectivity index (χ3n) is 1.98. The van der Waals surface area contributed by atoms with E-state index in [0.29, 0.717) is 5.56 Å². The number of hydrogen-bond acceptors (Lipinski definition) is 1. The van der Waals surface area contributed by atoms with E-state index in [1.165, 1.54) is 6.92 Å². The summed E-state index contributed by atoms with van der Waals surface area (Å²) < 4.78 is 36.9. The number of amides is 1. The van der Waals surface area contributed by atoms with Crippen LogP contribution in [-0.4, -0.2) is 12.1 Å². The molecule has 1 N–H and O–H groups in total. The van der Waals surface area contributed by atoms with Crippen LogP contribution in [-0.2, 0) is 4.79 Å². The molecule has 1 atom stereocenters. The van der Waals surface area contributed by atoms with Crippen molar-refractivity contribution in [2.75, 3.05) is 0 Å². The van der Waals surface area contributed by atoms with Crippen LogP contribution in [0.15, 0.2) is 24.3 Å². The van der Waals surface area contributed by atoms with Crippen LogP contribution in [0.1, 0.15) is 18.5 Å². The molecule has 0 aliphatic rings. The number of carbonyl (C=O) groups excluding carboxylic acids is 1. The number of halogens is 4. The fourth-order valence-electron chi connectivity index (χ4n) is 1.11. The molecule has 6 heteroatoms. The van der Waals surface area contributed by atoms with Crippen molar-refractivity contribution in [2.45, 2.75) is 19.1 Å². The molecule has 0 aromatic heterocycles. The average Bonchev–Trinajstić information content (AvgIpc) is 2.17. The first-order valence-corrected chi connectivity index (χ1v) is 5.51. The molecule has 1 unspecified atom stereocenters. The lowest BCUT2D eigenvalue weighted by molar-refractivity contribution is -0.174. The zero-order valence-corrected chi connectivity index (χ0v) is 10.5. The number of carbonyl (C=O) groups is 1. The van der Waals surface area contributed by atoms with Crippen molar-refractivity contribution in [1.29, 1.82) is 0 Å². The third kappa shape index (κ3) is 3.66. The number of hydrogen-bond donors (Lipinski definition) is 1. The average molecular weight is 343 g/mol. The summed E-state index contributed by atoms with van der Waals surface area (Å²) in [5, 5.41) is 1.89. The Bertz CT molecular complexity index is 375. The molecule has 0 heterocycles. The Morgan fingerprint density at radius 2 is 1.81 bits per heavy atom. The van der Waals surface area contributed by atoms with Gasteiger partial charge in [-0.1, -0.05) is 12.1 Å². The highest BCUT2D eigenvalue weighted by Gasteiger charge is 2.39. The molecule has 0 spiro atoms. The second kappa shape index (κ2) is 5.03. The maximum atomic E-state index is 12.0. The van der Waals surface area contributed by atoms with Crippen molar-refractivity contribution < 1.29 is 18.0 Å². The highest BCUT2D eigenvalue weighted by atomic mass is 127. The van der Waals surface area contributed by atoms with Crippen molar-refractivity contribution in [3.05, 3.63) is 33.4 Å². The van der Waals surface area contributed by atoms with Crippen LogP contribution in [0, 0.1) is 3.57 Å². The number of alkyl halides is 3. The molecule has 88 valence electrons. The van der Waals surface area contributed by atoms with Gasteiger partial charge in [0.2, 0.25) is 0 Å². The SMILES string of the molecule is CC(NC(=O)C(F)(F)F)c1ccc(I)cc1. The highest BCUT2D eigenvalue weighted by molar-refractivity contribution is 14.1. The van der Waals surface area contributed by atoms with Gasteiger partial charge in [-0.15, -0.1) is 0 Å². The first-order valence-electron chi connectivity index (χ1n) is 4.44. The van der Waals surface area contributed by atoms with Gasteiger partial charge in [0.05, 0.1) is 6.04 Å². The summed E-state index contributed by atoms with van der Waals surface area (Å²) in [5.41, 5.74) is 0.637. The van der Waals surface area contributed by atoms with Crippen LogP contribution in [0.2, 0.25) is 0 Å². The van der Waals surface area contributed by atoms with Crippen molar-refractivity contribution in [3.8, 4) is 0 Å². The Hall–Kier alpha value is -0.790. The van der Waals surface area contributed by atoms with Gasteiger partial charge in [0, 0.05) is 3.57 Å². The molecule has 0 aliphatic carbocycles. The van der Waals surface area contributed by atoms with Gasteiger partial charge in [-0.2, -0.15) is 13.2 Å². The lowest BCUT2D eigenvalue weighted by Gasteiger charge is -2.15. The van der Waals surface area contributed by atoms with Crippen LogP contribution in [0.3, 0.4) is 0 Å². The summed E-state index contributed by atoms with van der Waals surface area (Å²) >= 11 is 2.09. The smallest absolute Gasteiger partial charge is 0.342 e. The monoisotopic (exact) mass is 343 g/mol. The van der Waals surface area contributed by atoms with Crippen LogP contribution < -0.4 is 5.32 Å². The molecule has 1 amide bonds. The van der Waals surface area contributed by atoms with Crippen LogP contribution >= 0.6 is 22.6 Å². The van der Waals surface area contributed by atoms with E-state index in [4.69, 9.17) is 0 Å². The van der Waals surface area contributed by atoms with E-state index >= 15 is 0 Å². The maximum Gasteiger partial charge on any atom is 0.471 e. The fourth-order valence-corrected chi connectivity index (χ4v) is 1.47. The topological polar surface area (TPSA) is 29.1 Å². The summed E-state index contributed by atoms with van der Waals surface area (Å²) in [6, 6.07) is 6.25. The predicted molar refractivity (Wildman–Crippen MR) is 61.8 cm³/mol. The fraction of sp³-hybridized carbons (Fsp3) is 0.300. The van der Waals surface area contributed by atoms with E-state index in [2.05, 4.69) is 22.6 Å². The van der Waals surface area contributed by atoms with Crippen molar-refractivity contribution in [2.24, 2.45) is 0 Å². The third-order valence-corrected chi connectivity index (χ3v) is 2.69. The first-order chi connectivity index (χ1) is 7.30. The molecule has 0 saturated heterocycles. The van der Waals surface area contributed by atoms with Crippen molar-refractivity contribution >= 4 is 28.5 Å². The Balaban J connectivity index is 2.69. The van der Waals surface area contributed by atoms with Crippen molar-refractivity contribution in [1.82, 2.24) is 5.32 Å². The van der Waals surface area contributed by atoms with Gasteiger partial charge in [-0.3, -0.25) is 4.79 Å². The largest absolute Gasteiger partial charge is 0.471 e. The number of nitrogens with one attached hydrogen (secondary N) is 1. The normalized spacial score (nSPS) is 13.3. The summed E-state index contributed by atoms with van der Waals surface area (Å²) in [4.78, 5) is 10.7. The zero-order valence-electron chi connectivity index (χ0n) is 8.31. The summed E-state index contributed by atoms with van der Waals surface area (Å²) in [5.74, 6) is -1.92. The minimum atomic E-state index is -4.84. The Morgan fingerprint density at radius 3 is 2.25 bits per heavy atom. The van der Waals surface area contributed by atoms with E-state index < -0.39 is 18.1 Å². The molecule has 0 aliphatic heterocycles. The molecule has 0 saturated carbocycles. The maximum absolute atomic E-state index is 12.0. The minimum Gasteiger partial charge on any atom is -0.342 e. The van der Waals surface area contributed by atoms with Gasteiger partial charge < -0.3 is 5.32 Å². The van der Waals surface area contributed by atoms with E-state index in [1.807, 2.05) is 5.32 Å². The van der Waals surface area contributed by atoms with E-state index in [-0.39, 0.29) is 0 Å². The second-order valence-corrected chi connectivity index (χ2v) is 4.49. The summed E-state index contributed by atoms with van der Waals surface area (Å²) in [7, 11) is 0. The van der Waals surface area contributed by atoms with Crippen LogP contribution in [0.4, 0.5) is 13.2 Å². The lowest BCUT2D eigenvalue weighted by Crippen LogP contribution is -2.38. The molecular formula is C10H9F3INO. The van der Waals surface area contributed by atoms with E-state index in [9.17, 15) is 18.0 Å². The number of benzene rings is 1. The van der Waals surface area contributed by atoms with Gasteiger partial charge in [-0.25, -0.2) is 0 Å². The lowest BCUT2D eigenvalue weighted by atomic mass is 10.1. The van der Waals surface area contributed by atoms with Crippen molar-refractivity contribution in [3.63, 3.8) is 0 Å². The molecular weight excluding hydrogens is 334 g/mol. The Kier molecular flexibility index (Phi) is 4.17. The van der Waals surface area contributed by atoms with E-state index in [0.717, 1.165) is 3.57 Å². The second-order valence-electron chi connectivity index (χ2n) is 3.24. The molecule has 1 aromatic carbocycles. The molecule has 1 aromatic rings. The predicted octanol–water partition coefficient (Wildman–Crippen LogP) is 3.03.